The summed E-state index contributed by atoms with van der Waals surface area (Å²) in [6, 6.07) is 78.4. The molecule has 9 aromatic carbocycles. The van der Waals surface area contributed by atoms with Gasteiger partial charge in [-0.2, -0.15) is 0 Å². The van der Waals surface area contributed by atoms with Gasteiger partial charge in [0.25, 0.3) is 0 Å². The summed E-state index contributed by atoms with van der Waals surface area (Å²) in [4.78, 5) is 4.86. The summed E-state index contributed by atoms with van der Waals surface area (Å²) >= 11 is 0. The van der Waals surface area contributed by atoms with Gasteiger partial charge in [-0.3, -0.25) is 0 Å². The molecule has 0 spiro atoms. The van der Waals surface area contributed by atoms with E-state index in [9.17, 15) is 0 Å². The van der Waals surface area contributed by atoms with Crippen LogP contribution in [0.4, 0.5) is 34.1 Å². The van der Waals surface area contributed by atoms with Crippen molar-refractivity contribution >= 4 is 55.7 Å². The molecule has 0 saturated heterocycles. The molecule has 0 radical (unpaired) electrons. The number of benzene rings is 9. The predicted molar refractivity (Wildman–Crippen MR) is 222 cm³/mol. The Balaban J connectivity index is 1.51. The Morgan fingerprint density at radius 2 is 0.481 bits per heavy atom. The van der Waals surface area contributed by atoms with Crippen molar-refractivity contribution in [3.8, 4) is 22.3 Å². The van der Waals surface area contributed by atoms with Gasteiger partial charge >= 0.3 is 0 Å². The van der Waals surface area contributed by atoms with Gasteiger partial charge in [-0.05, 0) is 82.9 Å². The van der Waals surface area contributed by atoms with E-state index in [4.69, 9.17) is 0 Å². The summed E-state index contributed by atoms with van der Waals surface area (Å²) in [5.41, 5.74) is 11.4. The van der Waals surface area contributed by atoms with Gasteiger partial charge in [0.1, 0.15) is 0 Å². The van der Waals surface area contributed by atoms with Crippen LogP contribution in [0, 0.1) is 0 Å². The molecule has 2 nitrogen and oxygen atoms in total. The number of hydrogen-bond donors (Lipinski definition) is 0. The van der Waals surface area contributed by atoms with Crippen LogP contribution in [0.15, 0.2) is 218 Å². The fourth-order valence-corrected chi connectivity index (χ4v) is 7.50. The van der Waals surface area contributed by atoms with Crippen molar-refractivity contribution in [3.05, 3.63) is 218 Å². The third-order valence-electron chi connectivity index (χ3n) is 9.78. The minimum Gasteiger partial charge on any atom is -0.309 e. The van der Waals surface area contributed by atoms with Crippen LogP contribution in [0.1, 0.15) is 0 Å². The van der Waals surface area contributed by atoms with E-state index in [1.807, 2.05) is 0 Å². The van der Waals surface area contributed by atoms with E-state index in [0.29, 0.717) is 0 Å². The second kappa shape index (κ2) is 13.8. The third kappa shape index (κ3) is 5.67. The molecule has 0 amide bonds. The molecule has 0 aliphatic carbocycles. The van der Waals surface area contributed by atoms with Crippen LogP contribution in [0.2, 0.25) is 0 Å². The Morgan fingerprint density at radius 3 is 0.769 bits per heavy atom. The van der Waals surface area contributed by atoms with Crippen LogP contribution in [0.25, 0.3) is 43.8 Å². The van der Waals surface area contributed by atoms with Crippen molar-refractivity contribution in [2.75, 3.05) is 9.80 Å². The van der Waals surface area contributed by atoms with Crippen molar-refractivity contribution in [1.29, 1.82) is 0 Å². The van der Waals surface area contributed by atoms with Gasteiger partial charge in [0.15, 0.2) is 0 Å². The van der Waals surface area contributed by atoms with Crippen LogP contribution in [-0.4, -0.2) is 0 Å². The van der Waals surface area contributed by atoms with Gasteiger partial charge in [-0.15, -0.1) is 0 Å². The minimum absolute atomic E-state index is 1.10. The lowest BCUT2D eigenvalue weighted by atomic mass is 9.88. The largest absolute Gasteiger partial charge is 0.309 e. The summed E-state index contributed by atoms with van der Waals surface area (Å²) < 4.78 is 0. The lowest BCUT2D eigenvalue weighted by molar-refractivity contribution is 1.29. The first-order valence-electron chi connectivity index (χ1n) is 17.8. The summed E-state index contributed by atoms with van der Waals surface area (Å²) in [7, 11) is 0. The van der Waals surface area contributed by atoms with E-state index in [-0.39, 0.29) is 0 Å². The maximum absolute atomic E-state index is 2.44. The average molecular weight is 665 g/mol. The van der Waals surface area contributed by atoms with Crippen LogP contribution < -0.4 is 9.80 Å². The molecule has 0 saturated carbocycles. The molecule has 0 aliphatic heterocycles. The van der Waals surface area contributed by atoms with E-state index in [2.05, 4.69) is 228 Å². The molecule has 0 heterocycles. The van der Waals surface area contributed by atoms with Gasteiger partial charge in [-0.25, -0.2) is 0 Å². The topological polar surface area (TPSA) is 6.48 Å². The first-order valence-corrected chi connectivity index (χ1v) is 17.8. The van der Waals surface area contributed by atoms with E-state index in [1.54, 1.807) is 0 Å². The first kappa shape index (κ1) is 31.1. The quantitative estimate of drug-likeness (QED) is 0.118. The molecule has 0 N–H and O–H groups in total. The van der Waals surface area contributed by atoms with Crippen molar-refractivity contribution in [3.63, 3.8) is 0 Å². The number of fused-ring (bicyclic) bond motifs is 2. The van der Waals surface area contributed by atoms with Crippen molar-refractivity contribution in [2.45, 2.75) is 0 Å². The number of rotatable bonds is 8. The Labute approximate surface area is 305 Å². The normalized spacial score (nSPS) is 11.1. The van der Waals surface area contributed by atoms with Gasteiger partial charge in [-0.1, -0.05) is 158 Å². The number of para-hydroxylation sites is 4. The highest BCUT2D eigenvalue weighted by molar-refractivity contribution is 6.24. The monoisotopic (exact) mass is 664 g/mol. The fraction of sp³-hybridized carbons (Fsp3) is 0. The molecular formula is C50H36N2. The second-order valence-electron chi connectivity index (χ2n) is 12.9. The summed E-state index contributed by atoms with van der Waals surface area (Å²) in [5, 5.41) is 4.66. The number of anilines is 6. The Kier molecular flexibility index (Phi) is 8.24. The number of hydrogen-bond acceptors (Lipinski definition) is 2. The van der Waals surface area contributed by atoms with Crippen molar-refractivity contribution in [1.82, 2.24) is 0 Å². The maximum Gasteiger partial charge on any atom is 0.0620 e. The lowest BCUT2D eigenvalue weighted by Gasteiger charge is -2.33. The zero-order valence-corrected chi connectivity index (χ0v) is 28.7. The van der Waals surface area contributed by atoms with Gasteiger partial charge < -0.3 is 9.80 Å². The Bertz CT molecular complexity index is 2330. The molecule has 9 rings (SSSR count). The van der Waals surface area contributed by atoms with Gasteiger partial charge in [0, 0.05) is 44.3 Å². The fourth-order valence-electron chi connectivity index (χ4n) is 7.50. The highest BCUT2D eigenvalue weighted by Gasteiger charge is 2.26. The zero-order valence-electron chi connectivity index (χ0n) is 28.7. The molecule has 9 aromatic rings. The molecule has 0 aliphatic rings. The maximum atomic E-state index is 2.44. The highest BCUT2D eigenvalue weighted by Crippen LogP contribution is 2.53. The number of nitrogens with zero attached hydrogens (tertiary/aromatic N) is 2. The smallest absolute Gasteiger partial charge is 0.0620 e. The molecule has 0 aromatic heterocycles. The molecule has 52 heavy (non-hydrogen) atoms. The van der Waals surface area contributed by atoms with Crippen LogP contribution in [0.3, 0.4) is 0 Å². The summed E-state index contributed by atoms with van der Waals surface area (Å²) in [6.07, 6.45) is 0. The molecule has 0 bridgehead atoms. The van der Waals surface area contributed by atoms with Crippen LogP contribution in [-0.2, 0) is 0 Å². The van der Waals surface area contributed by atoms with E-state index >= 15 is 0 Å². The molecule has 2 heteroatoms. The predicted octanol–water partition coefficient (Wildman–Crippen LogP) is 14.3. The molecule has 0 unspecified atom stereocenters. The summed E-state index contributed by atoms with van der Waals surface area (Å²) in [6.45, 7) is 0. The summed E-state index contributed by atoms with van der Waals surface area (Å²) in [5.74, 6) is 0. The third-order valence-corrected chi connectivity index (χ3v) is 9.78. The highest BCUT2D eigenvalue weighted by atomic mass is 15.2. The van der Waals surface area contributed by atoms with E-state index in [0.717, 1.165) is 44.9 Å². The van der Waals surface area contributed by atoms with Crippen LogP contribution in [0.5, 0.6) is 0 Å². The van der Waals surface area contributed by atoms with E-state index in [1.165, 1.54) is 33.0 Å². The standard InChI is InChI=1S/C50H36N2/c1-7-21-37(22-8-1)45-35-47-48(36-46(45)38-23-9-2-10-24-38)50(52(41-29-15-5-16-30-41)42-31-17-6-18-32-42)44-34-20-19-33-43(44)49(47)51(39-25-11-3-12-26-39)40-27-13-4-14-28-40/h1-36H. The minimum atomic E-state index is 1.10. The average Bonchev–Trinajstić information content (AvgIpc) is 3.23. The van der Waals surface area contributed by atoms with Gasteiger partial charge in [0.2, 0.25) is 0 Å². The lowest BCUT2D eigenvalue weighted by Crippen LogP contribution is -2.14. The molecule has 0 fully saturated rings. The second-order valence-corrected chi connectivity index (χ2v) is 12.9. The molecule has 246 valence electrons. The van der Waals surface area contributed by atoms with Crippen LogP contribution >= 0.6 is 0 Å². The Hall–Kier alpha value is -6.90. The molecular weight excluding hydrogens is 629 g/mol. The Morgan fingerprint density at radius 1 is 0.231 bits per heavy atom. The zero-order chi connectivity index (χ0) is 34.7. The SMILES string of the molecule is c1ccc(-c2cc3c(N(c4ccccc4)c4ccccc4)c4ccccc4c(N(c4ccccc4)c4ccccc4)c3cc2-c2ccccc2)cc1. The van der Waals surface area contributed by atoms with Crippen molar-refractivity contribution in [2.24, 2.45) is 0 Å². The first-order chi connectivity index (χ1) is 25.8. The van der Waals surface area contributed by atoms with Gasteiger partial charge in [0.05, 0.1) is 11.4 Å². The van der Waals surface area contributed by atoms with Crippen molar-refractivity contribution < 1.29 is 0 Å². The molecule has 0 atom stereocenters. The van der Waals surface area contributed by atoms with E-state index < -0.39 is 0 Å².